The fraction of sp³-hybridized carbons (Fsp3) is 0.364. The van der Waals surface area contributed by atoms with Gasteiger partial charge in [0.25, 0.3) is 5.91 Å². The van der Waals surface area contributed by atoms with E-state index in [4.69, 9.17) is 14.2 Å². The summed E-state index contributed by atoms with van der Waals surface area (Å²) in [6.45, 7) is 1.98. The van der Waals surface area contributed by atoms with Crippen molar-refractivity contribution in [3.05, 3.63) is 53.1 Å². The average Bonchev–Trinajstić information content (AvgIpc) is 3.21. The van der Waals surface area contributed by atoms with Gasteiger partial charge in [0.15, 0.2) is 6.61 Å². The van der Waals surface area contributed by atoms with Gasteiger partial charge in [0.1, 0.15) is 22.8 Å². The van der Waals surface area contributed by atoms with Crippen LogP contribution in [0.25, 0.3) is 0 Å². The molecule has 1 N–H and O–H groups in total. The first-order valence-corrected chi connectivity index (χ1v) is 9.42. The van der Waals surface area contributed by atoms with E-state index in [0.29, 0.717) is 18.0 Å². The number of benzene rings is 2. The zero-order chi connectivity index (χ0) is 21.0. The number of carbonyl (C=O) groups is 2. The Morgan fingerprint density at radius 3 is 2.62 bits per heavy atom. The molecule has 1 fully saturated rings. The maximum absolute atomic E-state index is 12.8. The van der Waals surface area contributed by atoms with Crippen LogP contribution in [0.15, 0.2) is 36.4 Å². The van der Waals surface area contributed by atoms with E-state index in [1.807, 2.05) is 12.1 Å². The summed E-state index contributed by atoms with van der Waals surface area (Å²) in [5.74, 6) is 0.170. The largest absolute Gasteiger partial charge is 0.507 e. The normalized spacial score (nSPS) is 15.8. The first-order valence-electron chi connectivity index (χ1n) is 9.42. The first kappa shape index (κ1) is 20.5. The number of amides is 1. The van der Waals surface area contributed by atoms with Crippen molar-refractivity contribution in [1.82, 2.24) is 4.90 Å². The van der Waals surface area contributed by atoms with Gasteiger partial charge in [-0.1, -0.05) is 6.07 Å². The fourth-order valence-electron chi connectivity index (χ4n) is 3.59. The standard InChI is InChI=1S/C22H25NO6/c1-14-6-8-16(19(24)11-14)22(26)29-13-21(25)23-10-4-5-18(23)17-12-15(27-2)7-9-20(17)28-3/h6-9,11-12,18,24H,4-5,10,13H2,1-3H3/t18-/m0/s1. The summed E-state index contributed by atoms with van der Waals surface area (Å²) >= 11 is 0. The quantitative estimate of drug-likeness (QED) is 0.751. The number of aryl methyl sites for hydroxylation is 1. The SMILES string of the molecule is COc1ccc(OC)c([C@@H]2CCCN2C(=O)COC(=O)c2ccc(C)cc2O)c1. The van der Waals surface area contributed by atoms with Crippen molar-refractivity contribution in [3.63, 3.8) is 0 Å². The van der Waals surface area contributed by atoms with E-state index < -0.39 is 12.6 Å². The molecule has 7 nitrogen and oxygen atoms in total. The number of rotatable bonds is 6. The molecule has 2 aromatic rings. The molecular weight excluding hydrogens is 374 g/mol. The van der Waals surface area contributed by atoms with Gasteiger partial charge >= 0.3 is 5.97 Å². The van der Waals surface area contributed by atoms with Crippen molar-refractivity contribution in [1.29, 1.82) is 0 Å². The third kappa shape index (κ3) is 4.45. The Balaban J connectivity index is 1.71. The minimum Gasteiger partial charge on any atom is -0.507 e. The van der Waals surface area contributed by atoms with Crippen molar-refractivity contribution in [3.8, 4) is 17.2 Å². The predicted molar refractivity (Wildman–Crippen MR) is 106 cm³/mol. The minimum absolute atomic E-state index is 0.0378. The molecule has 1 atom stereocenters. The van der Waals surface area contributed by atoms with E-state index in [-0.39, 0.29) is 23.3 Å². The monoisotopic (exact) mass is 399 g/mol. The van der Waals surface area contributed by atoms with Crippen LogP contribution < -0.4 is 9.47 Å². The van der Waals surface area contributed by atoms with E-state index in [1.165, 1.54) is 12.1 Å². The highest BCUT2D eigenvalue weighted by molar-refractivity contribution is 5.94. The Morgan fingerprint density at radius 2 is 1.93 bits per heavy atom. The Labute approximate surface area is 169 Å². The molecule has 0 spiro atoms. The number of carbonyl (C=O) groups excluding carboxylic acids is 2. The zero-order valence-electron chi connectivity index (χ0n) is 16.8. The number of esters is 1. The third-order valence-electron chi connectivity index (χ3n) is 5.07. The maximum Gasteiger partial charge on any atom is 0.342 e. The van der Waals surface area contributed by atoms with E-state index >= 15 is 0 Å². The lowest BCUT2D eigenvalue weighted by Crippen LogP contribution is -2.34. The van der Waals surface area contributed by atoms with E-state index in [2.05, 4.69) is 0 Å². The lowest BCUT2D eigenvalue weighted by molar-refractivity contribution is -0.135. The Kier molecular flexibility index (Phi) is 6.26. The molecule has 0 radical (unpaired) electrons. The van der Waals surface area contributed by atoms with Crippen LogP contribution in [0.4, 0.5) is 0 Å². The van der Waals surface area contributed by atoms with E-state index in [1.54, 1.807) is 38.2 Å². The first-order chi connectivity index (χ1) is 13.9. The van der Waals surface area contributed by atoms with Crippen LogP contribution in [0.1, 0.15) is 40.4 Å². The van der Waals surface area contributed by atoms with Crippen LogP contribution >= 0.6 is 0 Å². The maximum atomic E-state index is 12.8. The van der Waals surface area contributed by atoms with Crippen LogP contribution in [0, 0.1) is 6.92 Å². The van der Waals surface area contributed by atoms with Gasteiger partial charge in [-0.2, -0.15) is 0 Å². The minimum atomic E-state index is -0.731. The molecule has 154 valence electrons. The molecule has 1 saturated heterocycles. The van der Waals surface area contributed by atoms with Crippen molar-refractivity contribution < 1.29 is 28.9 Å². The number of phenols is 1. The van der Waals surface area contributed by atoms with Crippen LogP contribution in [0.5, 0.6) is 17.2 Å². The highest BCUT2D eigenvalue weighted by Gasteiger charge is 2.32. The van der Waals surface area contributed by atoms with E-state index in [9.17, 15) is 14.7 Å². The molecule has 0 saturated carbocycles. The molecule has 1 amide bonds. The number of likely N-dealkylation sites (tertiary alicyclic amines) is 1. The molecule has 7 heteroatoms. The molecule has 1 aliphatic heterocycles. The van der Waals surface area contributed by atoms with Gasteiger partial charge in [0.2, 0.25) is 0 Å². The van der Waals surface area contributed by atoms with Crippen LogP contribution in [-0.4, -0.2) is 49.3 Å². The van der Waals surface area contributed by atoms with Gasteiger partial charge in [-0.3, -0.25) is 4.79 Å². The van der Waals surface area contributed by atoms with Crippen molar-refractivity contribution in [2.75, 3.05) is 27.4 Å². The fourth-order valence-corrected chi connectivity index (χ4v) is 3.59. The summed E-state index contributed by atoms with van der Waals surface area (Å²) in [6.07, 6.45) is 1.62. The summed E-state index contributed by atoms with van der Waals surface area (Å²) in [4.78, 5) is 26.7. The second-order valence-electron chi connectivity index (χ2n) is 6.95. The van der Waals surface area contributed by atoms with Crippen LogP contribution in [-0.2, 0) is 9.53 Å². The zero-order valence-corrected chi connectivity index (χ0v) is 16.8. The van der Waals surface area contributed by atoms with Crippen LogP contribution in [0.3, 0.4) is 0 Å². The Morgan fingerprint density at radius 1 is 1.14 bits per heavy atom. The molecule has 0 aromatic heterocycles. The van der Waals surface area contributed by atoms with E-state index in [0.717, 1.165) is 24.0 Å². The second-order valence-corrected chi connectivity index (χ2v) is 6.95. The molecule has 2 aromatic carbocycles. The molecule has 0 aliphatic carbocycles. The molecule has 29 heavy (non-hydrogen) atoms. The lowest BCUT2D eigenvalue weighted by Gasteiger charge is -2.26. The van der Waals surface area contributed by atoms with Crippen LogP contribution in [0.2, 0.25) is 0 Å². The number of nitrogens with zero attached hydrogens (tertiary/aromatic N) is 1. The van der Waals surface area contributed by atoms with Gasteiger partial charge in [-0.15, -0.1) is 0 Å². The summed E-state index contributed by atoms with van der Waals surface area (Å²) in [5, 5.41) is 9.91. The van der Waals surface area contributed by atoms with Gasteiger partial charge in [0, 0.05) is 12.1 Å². The number of methoxy groups -OCH3 is 2. The molecule has 3 rings (SSSR count). The molecular formula is C22H25NO6. The number of ether oxygens (including phenoxy) is 3. The predicted octanol–water partition coefficient (Wildman–Crippen LogP) is 3.24. The van der Waals surface area contributed by atoms with Gasteiger partial charge < -0.3 is 24.2 Å². The van der Waals surface area contributed by atoms with Crippen molar-refractivity contribution in [2.45, 2.75) is 25.8 Å². The third-order valence-corrected chi connectivity index (χ3v) is 5.07. The Hall–Kier alpha value is -3.22. The van der Waals surface area contributed by atoms with Gasteiger partial charge in [0.05, 0.1) is 20.3 Å². The smallest absolute Gasteiger partial charge is 0.342 e. The van der Waals surface area contributed by atoms with Gasteiger partial charge in [-0.25, -0.2) is 4.79 Å². The van der Waals surface area contributed by atoms with Gasteiger partial charge in [-0.05, 0) is 55.7 Å². The molecule has 1 aliphatic rings. The van der Waals surface area contributed by atoms with Crippen molar-refractivity contribution in [2.24, 2.45) is 0 Å². The molecule has 0 bridgehead atoms. The second kappa shape index (κ2) is 8.86. The van der Waals surface area contributed by atoms with Crippen molar-refractivity contribution >= 4 is 11.9 Å². The topological polar surface area (TPSA) is 85.3 Å². The number of aromatic hydroxyl groups is 1. The molecule has 1 heterocycles. The number of hydrogen-bond acceptors (Lipinski definition) is 6. The summed E-state index contributed by atoms with van der Waals surface area (Å²) in [7, 11) is 3.17. The average molecular weight is 399 g/mol. The summed E-state index contributed by atoms with van der Waals surface area (Å²) in [5.41, 5.74) is 1.72. The highest BCUT2D eigenvalue weighted by Crippen LogP contribution is 2.39. The molecule has 0 unspecified atom stereocenters. The number of phenolic OH excluding ortho intramolecular Hbond substituents is 1. The summed E-state index contributed by atoms with van der Waals surface area (Å²) < 4.78 is 15.9. The number of hydrogen-bond donors (Lipinski definition) is 1. The Bertz CT molecular complexity index is 910. The highest BCUT2D eigenvalue weighted by atomic mass is 16.5. The summed E-state index contributed by atoms with van der Waals surface area (Å²) in [6, 6.07) is 9.96. The lowest BCUT2D eigenvalue weighted by atomic mass is 10.0.